The van der Waals surface area contributed by atoms with Crippen molar-refractivity contribution in [3.8, 4) is 0 Å². The lowest BCUT2D eigenvalue weighted by atomic mass is 9.85. The van der Waals surface area contributed by atoms with E-state index in [9.17, 15) is 13.2 Å². The summed E-state index contributed by atoms with van der Waals surface area (Å²) in [5.41, 5.74) is 0.185. The Hall–Kier alpha value is -1.51. The first-order valence-electron chi connectivity index (χ1n) is 5.80. The van der Waals surface area contributed by atoms with Gasteiger partial charge in [-0.1, -0.05) is 51.1 Å². The number of halogens is 3. The Balaban J connectivity index is 2.74. The standard InChI is InChI=1S/C15H15F3/c1-14(2,3)11-8-7-10-5-4-6-13(12(10)9-11)15(16,17)18/h4-9H,1-3H3. The number of hydrogen-bond acceptors (Lipinski definition) is 0. The maximum atomic E-state index is 12.9. The number of alkyl halides is 3. The summed E-state index contributed by atoms with van der Waals surface area (Å²) < 4.78 is 38.8. The van der Waals surface area contributed by atoms with E-state index >= 15 is 0 Å². The second kappa shape index (κ2) is 4.01. The normalized spacial score (nSPS) is 13.0. The van der Waals surface area contributed by atoms with Crippen molar-refractivity contribution in [2.24, 2.45) is 0 Å². The van der Waals surface area contributed by atoms with E-state index in [4.69, 9.17) is 0 Å². The van der Waals surface area contributed by atoms with Crippen molar-refractivity contribution in [2.75, 3.05) is 0 Å². The third-order valence-corrected chi connectivity index (χ3v) is 3.05. The Morgan fingerprint density at radius 2 is 1.56 bits per heavy atom. The molecular formula is C15H15F3. The van der Waals surface area contributed by atoms with Gasteiger partial charge in [0.25, 0.3) is 0 Å². The van der Waals surface area contributed by atoms with Crippen LogP contribution in [0.4, 0.5) is 13.2 Å². The van der Waals surface area contributed by atoms with Gasteiger partial charge in [-0.3, -0.25) is 0 Å². The van der Waals surface area contributed by atoms with Gasteiger partial charge < -0.3 is 0 Å². The fraction of sp³-hybridized carbons (Fsp3) is 0.333. The van der Waals surface area contributed by atoms with Crippen LogP contribution in [0.25, 0.3) is 10.8 Å². The zero-order valence-electron chi connectivity index (χ0n) is 10.6. The molecule has 0 heterocycles. The number of benzene rings is 2. The molecule has 0 N–H and O–H groups in total. The molecule has 0 aliphatic heterocycles. The van der Waals surface area contributed by atoms with E-state index in [-0.39, 0.29) is 10.8 Å². The Morgan fingerprint density at radius 3 is 2.11 bits per heavy atom. The van der Waals surface area contributed by atoms with Gasteiger partial charge in [0.2, 0.25) is 0 Å². The maximum Gasteiger partial charge on any atom is 0.417 e. The molecule has 0 radical (unpaired) electrons. The van der Waals surface area contributed by atoms with Gasteiger partial charge in [-0.2, -0.15) is 13.2 Å². The molecule has 0 aliphatic carbocycles. The van der Waals surface area contributed by atoms with Crippen molar-refractivity contribution >= 4 is 10.8 Å². The van der Waals surface area contributed by atoms with Crippen molar-refractivity contribution in [1.82, 2.24) is 0 Å². The third kappa shape index (κ3) is 2.35. The van der Waals surface area contributed by atoms with Gasteiger partial charge in [0.1, 0.15) is 0 Å². The summed E-state index contributed by atoms with van der Waals surface area (Å²) >= 11 is 0. The van der Waals surface area contributed by atoms with Gasteiger partial charge in [-0.05, 0) is 27.8 Å². The lowest BCUT2D eigenvalue weighted by Gasteiger charge is -2.20. The number of fused-ring (bicyclic) bond motifs is 1. The van der Waals surface area contributed by atoms with Crippen molar-refractivity contribution in [3.05, 3.63) is 47.5 Å². The second-order valence-corrected chi connectivity index (χ2v) is 5.49. The summed E-state index contributed by atoms with van der Waals surface area (Å²) in [4.78, 5) is 0. The van der Waals surface area contributed by atoms with Crippen LogP contribution in [0.1, 0.15) is 31.9 Å². The molecule has 0 atom stereocenters. The molecule has 0 unspecified atom stereocenters. The van der Waals surface area contributed by atoms with Gasteiger partial charge in [-0.25, -0.2) is 0 Å². The maximum absolute atomic E-state index is 12.9. The quantitative estimate of drug-likeness (QED) is 0.607. The summed E-state index contributed by atoms with van der Waals surface area (Å²) in [5.74, 6) is 0. The number of rotatable bonds is 0. The summed E-state index contributed by atoms with van der Waals surface area (Å²) in [5, 5.41) is 0.898. The molecule has 0 amide bonds. The van der Waals surface area contributed by atoms with Gasteiger partial charge in [0.05, 0.1) is 5.56 Å². The van der Waals surface area contributed by atoms with E-state index in [0.29, 0.717) is 5.39 Å². The van der Waals surface area contributed by atoms with Crippen molar-refractivity contribution in [1.29, 1.82) is 0 Å². The first-order chi connectivity index (χ1) is 8.19. The summed E-state index contributed by atoms with van der Waals surface area (Å²) in [7, 11) is 0. The van der Waals surface area contributed by atoms with E-state index < -0.39 is 11.7 Å². The van der Waals surface area contributed by atoms with Crippen LogP contribution in [0.2, 0.25) is 0 Å². The second-order valence-electron chi connectivity index (χ2n) is 5.49. The van der Waals surface area contributed by atoms with Crippen LogP contribution in [0.5, 0.6) is 0 Å². The molecule has 0 aliphatic rings. The van der Waals surface area contributed by atoms with Gasteiger partial charge >= 0.3 is 6.18 Å². The first kappa shape index (κ1) is 12.9. The van der Waals surface area contributed by atoms with Crippen LogP contribution < -0.4 is 0 Å². The molecule has 2 aromatic carbocycles. The zero-order valence-corrected chi connectivity index (χ0v) is 10.6. The average molecular weight is 252 g/mol. The van der Waals surface area contributed by atoms with E-state index in [1.807, 2.05) is 26.8 Å². The molecule has 2 rings (SSSR count). The fourth-order valence-electron chi connectivity index (χ4n) is 1.99. The van der Waals surface area contributed by atoms with E-state index in [1.165, 1.54) is 6.07 Å². The van der Waals surface area contributed by atoms with Crippen LogP contribution in [0.3, 0.4) is 0 Å². The Kier molecular flexibility index (Phi) is 2.88. The van der Waals surface area contributed by atoms with Crippen LogP contribution in [0, 0.1) is 0 Å². The topological polar surface area (TPSA) is 0 Å². The predicted octanol–water partition coefficient (Wildman–Crippen LogP) is 5.16. The number of hydrogen-bond donors (Lipinski definition) is 0. The molecule has 18 heavy (non-hydrogen) atoms. The third-order valence-electron chi connectivity index (χ3n) is 3.05. The monoisotopic (exact) mass is 252 g/mol. The van der Waals surface area contributed by atoms with Gasteiger partial charge in [0.15, 0.2) is 0 Å². The summed E-state index contributed by atoms with van der Waals surface area (Å²) in [6, 6.07) is 9.58. The van der Waals surface area contributed by atoms with Crippen LogP contribution in [-0.2, 0) is 11.6 Å². The minimum absolute atomic E-state index is 0.160. The van der Waals surface area contributed by atoms with Gasteiger partial charge in [-0.15, -0.1) is 0 Å². The molecule has 2 aromatic rings. The highest BCUT2D eigenvalue weighted by Crippen LogP contribution is 2.36. The summed E-state index contributed by atoms with van der Waals surface area (Å²) in [6.45, 7) is 5.97. The van der Waals surface area contributed by atoms with Crippen LogP contribution in [-0.4, -0.2) is 0 Å². The molecular weight excluding hydrogens is 237 g/mol. The Morgan fingerprint density at radius 1 is 0.889 bits per heavy atom. The predicted molar refractivity (Wildman–Crippen MR) is 67.7 cm³/mol. The van der Waals surface area contributed by atoms with E-state index in [2.05, 4.69) is 0 Å². The lowest BCUT2D eigenvalue weighted by molar-refractivity contribution is -0.136. The minimum Gasteiger partial charge on any atom is -0.166 e. The van der Waals surface area contributed by atoms with E-state index in [1.54, 1.807) is 18.2 Å². The Bertz CT molecular complexity index is 574. The highest BCUT2D eigenvalue weighted by Gasteiger charge is 2.32. The molecule has 0 aromatic heterocycles. The largest absolute Gasteiger partial charge is 0.417 e. The molecule has 96 valence electrons. The Labute approximate surface area is 104 Å². The molecule has 0 saturated heterocycles. The van der Waals surface area contributed by atoms with E-state index in [0.717, 1.165) is 11.6 Å². The average Bonchev–Trinajstić information content (AvgIpc) is 2.25. The van der Waals surface area contributed by atoms with Crippen LogP contribution in [0.15, 0.2) is 36.4 Å². The lowest BCUT2D eigenvalue weighted by Crippen LogP contribution is -2.11. The van der Waals surface area contributed by atoms with Crippen molar-refractivity contribution < 1.29 is 13.2 Å². The molecule has 0 saturated carbocycles. The SMILES string of the molecule is CC(C)(C)c1ccc2cccc(C(F)(F)F)c2c1. The highest BCUT2D eigenvalue weighted by molar-refractivity contribution is 5.87. The molecule has 0 fully saturated rings. The van der Waals surface area contributed by atoms with Crippen LogP contribution >= 0.6 is 0 Å². The summed E-state index contributed by atoms with van der Waals surface area (Å²) in [6.07, 6.45) is -4.31. The smallest absolute Gasteiger partial charge is 0.166 e. The van der Waals surface area contributed by atoms with Gasteiger partial charge in [0, 0.05) is 0 Å². The highest BCUT2D eigenvalue weighted by atomic mass is 19.4. The molecule has 3 heteroatoms. The molecule has 0 bridgehead atoms. The van der Waals surface area contributed by atoms with Crippen molar-refractivity contribution in [2.45, 2.75) is 32.4 Å². The minimum atomic E-state index is -4.31. The fourth-order valence-corrected chi connectivity index (χ4v) is 1.99. The first-order valence-corrected chi connectivity index (χ1v) is 5.80. The molecule has 0 spiro atoms. The molecule has 0 nitrogen and oxygen atoms in total. The zero-order chi connectivity index (χ0) is 13.6. The van der Waals surface area contributed by atoms with Crippen molar-refractivity contribution in [3.63, 3.8) is 0 Å².